The third-order valence-electron chi connectivity index (χ3n) is 5.35. The highest BCUT2D eigenvalue weighted by Gasteiger charge is 2.43. The molecule has 0 aliphatic carbocycles. The third kappa shape index (κ3) is 4.93. The molecule has 2 saturated heterocycles. The van der Waals surface area contributed by atoms with Crippen LogP contribution in [-0.4, -0.2) is 54.1 Å². The third-order valence-corrected chi connectivity index (χ3v) is 5.35. The molecule has 27 heavy (non-hydrogen) atoms. The largest absolute Gasteiger partial charge is 0.393 e. The van der Waals surface area contributed by atoms with Crippen LogP contribution in [0, 0.1) is 11.8 Å². The number of rotatable bonds is 2. The van der Waals surface area contributed by atoms with Gasteiger partial charge in [0.05, 0.1) is 5.92 Å². The van der Waals surface area contributed by atoms with Gasteiger partial charge < -0.3 is 15.1 Å². The van der Waals surface area contributed by atoms with Gasteiger partial charge in [-0.3, -0.25) is 4.79 Å². The van der Waals surface area contributed by atoms with Crippen molar-refractivity contribution in [1.29, 1.82) is 0 Å². The number of alkyl halides is 3. The van der Waals surface area contributed by atoms with Crippen LogP contribution in [0.3, 0.4) is 0 Å². The topological polar surface area (TPSA) is 52.7 Å². The van der Waals surface area contributed by atoms with Gasteiger partial charge in [0, 0.05) is 37.8 Å². The number of hydrogen-bond acceptors (Lipinski definition) is 2. The summed E-state index contributed by atoms with van der Waals surface area (Å²) in [6.07, 6.45) is -2.82. The van der Waals surface area contributed by atoms with Gasteiger partial charge in [-0.1, -0.05) is 18.2 Å². The van der Waals surface area contributed by atoms with Crippen LogP contribution < -0.4 is 5.32 Å². The van der Waals surface area contributed by atoms with E-state index in [1.54, 1.807) is 17.0 Å². The zero-order chi connectivity index (χ0) is 19.4. The number of carbonyl (C=O) groups is 2. The van der Waals surface area contributed by atoms with E-state index >= 15 is 0 Å². The maximum Gasteiger partial charge on any atom is 0.393 e. The summed E-state index contributed by atoms with van der Waals surface area (Å²) in [6, 6.07) is 8.88. The number of amides is 3. The van der Waals surface area contributed by atoms with E-state index in [0.717, 1.165) is 0 Å². The van der Waals surface area contributed by atoms with Gasteiger partial charge in [0.15, 0.2) is 0 Å². The lowest BCUT2D eigenvalue weighted by Gasteiger charge is -2.38. The minimum absolute atomic E-state index is 0.0887. The number of piperidine rings is 2. The molecule has 3 amide bonds. The predicted octanol–water partition coefficient (Wildman–Crippen LogP) is 3.73. The van der Waals surface area contributed by atoms with Gasteiger partial charge in [0.2, 0.25) is 5.91 Å². The second kappa shape index (κ2) is 8.19. The molecular formula is C19H24F3N3O2. The molecule has 148 valence electrons. The minimum Gasteiger partial charge on any atom is -0.342 e. The zero-order valence-electron chi connectivity index (χ0n) is 15.0. The molecular weight excluding hydrogens is 359 g/mol. The molecule has 1 unspecified atom stereocenters. The Balaban J connectivity index is 1.50. The molecule has 1 atom stereocenters. The van der Waals surface area contributed by atoms with Crippen LogP contribution in [0.25, 0.3) is 0 Å². The van der Waals surface area contributed by atoms with Crippen molar-refractivity contribution in [2.45, 2.75) is 31.9 Å². The van der Waals surface area contributed by atoms with Crippen molar-refractivity contribution in [3.63, 3.8) is 0 Å². The molecule has 2 aliphatic heterocycles. The van der Waals surface area contributed by atoms with Gasteiger partial charge >= 0.3 is 12.2 Å². The SMILES string of the molecule is O=C(Nc1ccccc1)N1CCC(C(=O)N2CCCC(C(F)(F)F)C2)CC1. The summed E-state index contributed by atoms with van der Waals surface area (Å²) in [4.78, 5) is 27.9. The highest BCUT2D eigenvalue weighted by Crippen LogP contribution is 2.34. The lowest BCUT2D eigenvalue weighted by atomic mass is 9.92. The van der Waals surface area contributed by atoms with Crippen LogP contribution in [0.5, 0.6) is 0 Å². The number of nitrogens with one attached hydrogen (secondary N) is 1. The fourth-order valence-electron chi connectivity index (χ4n) is 3.76. The van der Waals surface area contributed by atoms with Crippen molar-refractivity contribution < 1.29 is 22.8 Å². The second-order valence-electron chi connectivity index (χ2n) is 7.22. The highest BCUT2D eigenvalue weighted by molar-refractivity contribution is 5.89. The van der Waals surface area contributed by atoms with E-state index in [1.807, 2.05) is 18.2 Å². The molecule has 2 heterocycles. The standard InChI is InChI=1S/C19H24F3N3O2/c20-19(21,22)15-5-4-10-25(13-15)17(26)14-8-11-24(12-9-14)18(27)23-16-6-2-1-3-7-16/h1-3,6-7,14-15H,4-5,8-13H2,(H,23,27). The van der Waals surface area contributed by atoms with E-state index in [2.05, 4.69) is 5.32 Å². The lowest BCUT2D eigenvalue weighted by Crippen LogP contribution is -2.49. The Kier molecular flexibility index (Phi) is 5.92. The first-order valence-electron chi connectivity index (χ1n) is 9.31. The number of anilines is 1. The van der Waals surface area contributed by atoms with Crippen LogP contribution >= 0.6 is 0 Å². The summed E-state index contributed by atoms with van der Waals surface area (Å²) >= 11 is 0. The summed E-state index contributed by atoms with van der Waals surface area (Å²) in [6.45, 7) is 0.994. The highest BCUT2D eigenvalue weighted by atomic mass is 19.4. The summed E-state index contributed by atoms with van der Waals surface area (Å²) in [5.74, 6) is -1.93. The molecule has 8 heteroatoms. The van der Waals surface area contributed by atoms with E-state index in [1.165, 1.54) is 4.90 Å². The van der Waals surface area contributed by atoms with E-state index < -0.39 is 12.1 Å². The smallest absolute Gasteiger partial charge is 0.342 e. The van der Waals surface area contributed by atoms with E-state index in [4.69, 9.17) is 0 Å². The Labute approximate surface area is 156 Å². The molecule has 1 aromatic rings. The maximum absolute atomic E-state index is 13.0. The lowest BCUT2D eigenvalue weighted by molar-refractivity contribution is -0.188. The number of benzene rings is 1. The Hall–Kier alpha value is -2.25. The Bertz CT molecular complexity index is 658. The summed E-state index contributed by atoms with van der Waals surface area (Å²) < 4.78 is 38.9. The van der Waals surface area contributed by atoms with Gasteiger partial charge in [0.25, 0.3) is 0 Å². The number of halogens is 3. The first-order valence-corrected chi connectivity index (χ1v) is 9.31. The molecule has 0 aromatic heterocycles. The van der Waals surface area contributed by atoms with Crippen LogP contribution in [0.4, 0.5) is 23.7 Å². The van der Waals surface area contributed by atoms with Crippen LogP contribution in [0.1, 0.15) is 25.7 Å². The number of urea groups is 1. The van der Waals surface area contributed by atoms with Crippen molar-refractivity contribution in [2.75, 3.05) is 31.5 Å². The molecule has 3 rings (SSSR count). The summed E-state index contributed by atoms with van der Waals surface area (Å²) in [5, 5.41) is 2.81. The molecule has 5 nitrogen and oxygen atoms in total. The summed E-state index contributed by atoms with van der Waals surface area (Å²) in [5.41, 5.74) is 0.701. The Morgan fingerprint density at radius 3 is 2.26 bits per heavy atom. The van der Waals surface area contributed by atoms with Crippen molar-refractivity contribution in [3.05, 3.63) is 30.3 Å². The number of likely N-dealkylation sites (tertiary alicyclic amines) is 2. The van der Waals surface area contributed by atoms with Gasteiger partial charge in [-0.05, 0) is 37.8 Å². The van der Waals surface area contributed by atoms with Crippen molar-refractivity contribution >= 4 is 17.6 Å². The number of carbonyl (C=O) groups excluding carboxylic acids is 2. The molecule has 2 aliphatic rings. The summed E-state index contributed by atoms with van der Waals surface area (Å²) in [7, 11) is 0. The normalized spacial score (nSPS) is 21.8. The van der Waals surface area contributed by atoms with Crippen LogP contribution in [0.15, 0.2) is 30.3 Å². The van der Waals surface area contributed by atoms with Gasteiger partial charge in [0.1, 0.15) is 0 Å². The van der Waals surface area contributed by atoms with E-state index in [0.29, 0.717) is 44.6 Å². The van der Waals surface area contributed by atoms with Crippen LogP contribution in [-0.2, 0) is 4.79 Å². The molecule has 0 radical (unpaired) electrons. The van der Waals surface area contributed by atoms with E-state index in [9.17, 15) is 22.8 Å². The molecule has 0 saturated carbocycles. The van der Waals surface area contributed by atoms with Gasteiger partial charge in [-0.25, -0.2) is 4.79 Å². The number of hydrogen-bond donors (Lipinski definition) is 1. The van der Waals surface area contributed by atoms with Crippen molar-refractivity contribution in [2.24, 2.45) is 11.8 Å². The first-order chi connectivity index (χ1) is 12.8. The molecule has 1 aromatic carbocycles. The van der Waals surface area contributed by atoms with Crippen molar-refractivity contribution in [3.8, 4) is 0 Å². The maximum atomic E-state index is 13.0. The fraction of sp³-hybridized carbons (Fsp3) is 0.579. The predicted molar refractivity (Wildman–Crippen MR) is 95.1 cm³/mol. The fourth-order valence-corrected chi connectivity index (χ4v) is 3.76. The molecule has 0 spiro atoms. The molecule has 2 fully saturated rings. The van der Waals surface area contributed by atoms with Crippen molar-refractivity contribution in [1.82, 2.24) is 9.80 Å². The quantitative estimate of drug-likeness (QED) is 0.846. The molecule has 1 N–H and O–H groups in total. The number of nitrogens with zero attached hydrogens (tertiary/aromatic N) is 2. The average molecular weight is 383 g/mol. The van der Waals surface area contributed by atoms with Crippen LogP contribution in [0.2, 0.25) is 0 Å². The second-order valence-corrected chi connectivity index (χ2v) is 7.22. The monoisotopic (exact) mass is 383 g/mol. The minimum atomic E-state index is -4.25. The Morgan fingerprint density at radius 2 is 1.63 bits per heavy atom. The first kappa shape index (κ1) is 19.5. The van der Waals surface area contributed by atoms with E-state index in [-0.39, 0.29) is 30.8 Å². The average Bonchev–Trinajstić information content (AvgIpc) is 2.68. The van der Waals surface area contributed by atoms with Gasteiger partial charge in [-0.2, -0.15) is 13.2 Å². The number of para-hydroxylation sites is 1. The molecule has 0 bridgehead atoms. The zero-order valence-corrected chi connectivity index (χ0v) is 15.0. The Morgan fingerprint density at radius 1 is 0.963 bits per heavy atom. The van der Waals surface area contributed by atoms with Gasteiger partial charge in [-0.15, -0.1) is 0 Å².